The van der Waals surface area contributed by atoms with Crippen molar-refractivity contribution in [3.8, 4) is 0 Å². The van der Waals surface area contributed by atoms with Gasteiger partial charge < -0.3 is 9.85 Å². The van der Waals surface area contributed by atoms with E-state index in [1.54, 1.807) is 0 Å². The smallest absolute Gasteiger partial charge is 0.0783 e. The molecule has 0 aliphatic rings. The molecule has 0 aromatic rings. The third-order valence-electron chi connectivity index (χ3n) is 11.0. The Bertz CT molecular complexity index is 474. The van der Waals surface area contributed by atoms with Gasteiger partial charge in [0.05, 0.1) is 19.6 Å². The molecule has 2 heteroatoms. The Balaban J connectivity index is 4.07. The first-order valence-corrected chi connectivity index (χ1v) is 22.8. The molecule has 0 bridgehead atoms. The highest BCUT2D eigenvalue weighted by Gasteiger charge is 2.16. The quantitative estimate of drug-likeness (QED) is 0.0362. The number of hydrogen-bond acceptors (Lipinski definition) is 1. The van der Waals surface area contributed by atoms with Crippen molar-refractivity contribution in [3.05, 3.63) is 5.21 Å². The monoisotopic (exact) mass is 664 g/mol. The fourth-order valence-electron chi connectivity index (χ4n) is 7.59. The van der Waals surface area contributed by atoms with E-state index in [0.717, 1.165) is 38.9 Å². The van der Waals surface area contributed by atoms with Crippen molar-refractivity contribution < 1.29 is 4.65 Å². The lowest BCUT2D eigenvalue weighted by Gasteiger charge is -2.43. The van der Waals surface area contributed by atoms with Gasteiger partial charge in [-0.05, 0) is 38.5 Å². The van der Waals surface area contributed by atoms with E-state index >= 15 is 0 Å². The predicted molar refractivity (Wildman–Crippen MR) is 215 cm³/mol. The first kappa shape index (κ1) is 46.9. The lowest BCUT2D eigenvalue weighted by molar-refractivity contribution is -0.881. The van der Waals surface area contributed by atoms with Crippen LogP contribution in [0.1, 0.15) is 271 Å². The fourth-order valence-corrected chi connectivity index (χ4v) is 7.59. The van der Waals surface area contributed by atoms with Crippen molar-refractivity contribution in [3.63, 3.8) is 0 Å². The molecule has 0 N–H and O–H groups in total. The summed E-state index contributed by atoms with van der Waals surface area (Å²) in [4.78, 5) is 0. The number of quaternary nitrogens is 1. The Morgan fingerprint density at radius 3 is 0.489 bits per heavy atom. The van der Waals surface area contributed by atoms with E-state index < -0.39 is 0 Å². The van der Waals surface area contributed by atoms with Crippen LogP contribution >= 0.6 is 0 Å². The summed E-state index contributed by atoms with van der Waals surface area (Å²) in [7, 11) is 0. The Morgan fingerprint density at radius 2 is 0.340 bits per heavy atom. The lowest BCUT2D eigenvalue weighted by atomic mass is 10.0. The molecule has 0 aliphatic carbocycles. The molecule has 0 aliphatic heterocycles. The minimum absolute atomic E-state index is 0.119. The standard InChI is InChI=1S/C45H93NO/c1-4-7-10-13-16-19-22-25-28-31-34-37-40-43-46(47,44-41-38-35-32-29-26-23-20-17-14-11-8-5-2)45-42-39-36-33-30-27-24-21-18-15-12-9-6-3/h4-45H2,1-3H3. The van der Waals surface area contributed by atoms with Crippen LogP contribution in [0, 0.1) is 5.21 Å². The van der Waals surface area contributed by atoms with Gasteiger partial charge in [0, 0.05) is 0 Å². The molecule has 284 valence electrons. The van der Waals surface area contributed by atoms with Crippen LogP contribution in [0.3, 0.4) is 0 Å². The molecular formula is C45H93NO. The van der Waals surface area contributed by atoms with Crippen LogP contribution in [0.15, 0.2) is 0 Å². The first-order valence-electron chi connectivity index (χ1n) is 22.8. The third kappa shape index (κ3) is 38.6. The number of hydroxylamine groups is 3. The van der Waals surface area contributed by atoms with E-state index in [0.29, 0.717) is 0 Å². The van der Waals surface area contributed by atoms with Crippen LogP contribution in [0.4, 0.5) is 0 Å². The minimum Gasteiger partial charge on any atom is -0.633 e. The van der Waals surface area contributed by atoms with Gasteiger partial charge >= 0.3 is 0 Å². The second-order valence-corrected chi connectivity index (χ2v) is 16.0. The molecule has 0 radical (unpaired) electrons. The van der Waals surface area contributed by atoms with Crippen LogP contribution in [0.25, 0.3) is 0 Å². The molecule has 0 amide bonds. The average Bonchev–Trinajstić information content (AvgIpc) is 3.07. The summed E-state index contributed by atoms with van der Waals surface area (Å²) in [5.74, 6) is 0. The van der Waals surface area contributed by atoms with Gasteiger partial charge in [-0.25, -0.2) is 0 Å². The third-order valence-corrected chi connectivity index (χ3v) is 11.0. The van der Waals surface area contributed by atoms with Crippen LogP contribution in [0.2, 0.25) is 0 Å². The summed E-state index contributed by atoms with van der Waals surface area (Å²) in [6.45, 7) is 9.56. The molecule has 47 heavy (non-hydrogen) atoms. The van der Waals surface area contributed by atoms with Crippen LogP contribution in [-0.4, -0.2) is 24.3 Å². The Morgan fingerprint density at radius 1 is 0.213 bits per heavy atom. The zero-order valence-electron chi connectivity index (χ0n) is 33.6. The van der Waals surface area contributed by atoms with Gasteiger partial charge in [-0.1, -0.05) is 233 Å². The van der Waals surface area contributed by atoms with Gasteiger partial charge in [0.2, 0.25) is 0 Å². The van der Waals surface area contributed by atoms with Crippen molar-refractivity contribution in [1.29, 1.82) is 0 Å². The lowest BCUT2D eigenvalue weighted by Crippen LogP contribution is -2.44. The molecule has 0 saturated carbocycles. The van der Waals surface area contributed by atoms with Crippen molar-refractivity contribution in [1.82, 2.24) is 0 Å². The van der Waals surface area contributed by atoms with E-state index in [4.69, 9.17) is 0 Å². The molecule has 0 unspecified atom stereocenters. The van der Waals surface area contributed by atoms with Gasteiger partial charge in [0.25, 0.3) is 0 Å². The van der Waals surface area contributed by atoms with E-state index in [9.17, 15) is 5.21 Å². The van der Waals surface area contributed by atoms with E-state index in [-0.39, 0.29) is 4.65 Å². The van der Waals surface area contributed by atoms with Crippen molar-refractivity contribution >= 4 is 0 Å². The predicted octanol–water partition coefficient (Wildman–Crippen LogP) is 16.6. The van der Waals surface area contributed by atoms with Crippen molar-refractivity contribution in [2.45, 2.75) is 271 Å². The Hall–Kier alpha value is -0.0800. The fraction of sp³-hybridized carbons (Fsp3) is 1.00. The van der Waals surface area contributed by atoms with E-state index in [2.05, 4.69) is 20.8 Å². The van der Waals surface area contributed by atoms with E-state index in [1.807, 2.05) is 0 Å². The van der Waals surface area contributed by atoms with E-state index in [1.165, 1.54) is 231 Å². The summed E-state index contributed by atoms with van der Waals surface area (Å²) < 4.78 is 0.119. The largest absolute Gasteiger partial charge is 0.633 e. The highest BCUT2D eigenvalue weighted by Crippen LogP contribution is 2.19. The molecule has 0 rings (SSSR count). The zero-order chi connectivity index (χ0) is 34.2. The molecule has 0 aromatic carbocycles. The molecule has 0 aromatic heterocycles. The number of nitrogens with zero attached hydrogens (tertiary/aromatic N) is 1. The summed E-state index contributed by atoms with van der Waals surface area (Å²) in [6.07, 6.45) is 53.9. The molecule has 2 nitrogen and oxygen atoms in total. The number of rotatable bonds is 42. The Labute approximate surface area is 300 Å². The maximum atomic E-state index is 13.9. The van der Waals surface area contributed by atoms with Gasteiger partial charge in [-0.3, -0.25) is 0 Å². The van der Waals surface area contributed by atoms with Gasteiger partial charge in [-0.15, -0.1) is 0 Å². The zero-order valence-corrected chi connectivity index (χ0v) is 33.6. The Kier molecular flexibility index (Phi) is 40.3. The SMILES string of the molecule is CCCCCCCCCCCCCCC[N+]([O-])(CCCCCCCCCCCCCCC)CCCCCCCCCCCCCCC. The summed E-state index contributed by atoms with van der Waals surface area (Å²) in [5, 5.41) is 13.9. The maximum absolute atomic E-state index is 13.9. The van der Waals surface area contributed by atoms with Gasteiger partial charge in [0.1, 0.15) is 0 Å². The summed E-state index contributed by atoms with van der Waals surface area (Å²) in [5.41, 5.74) is 0. The van der Waals surface area contributed by atoms with Crippen LogP contribution in [0.5, 0.6) is 0 Å². The highest BCUT2D eigenvalue weighted by atomic mass is 16.5. The number of hydrogen-bond donors (Lipinski definition) is 0. The molecule has 0 heterocycles. The van der Waals surface area contributed by atoms with Gasteiger partial charge in [-0.2, -0.15) is 0 Å². The first-order chi connectivity index (χ1) is 23.2. The van der Waals surface area contributed by atoms with Crippen molar-refractivity contribution in [2.75, 3.05) is 19.6 Å². The maximum Gasteiger partial charge on any atom is 0.0783 e. The molecule has 0 fully saturated rings. The van der Waals surface area contributed by atoms with Crippen LogP contribution in [-0.2, 0) is 0 Å². The van der Waals surface area contributed by atoms with Crippen LogP contribution < -0.4 is 0 Å². The molecular weight excluding hydrogens is 571 g/mol. The normalized spacial score (nSPS) is 12.0. The van der Waals surface area contributed by atoms with Gasteiger partial charge in [0.15, 0.2) is 0 Å². The topological polar surface area (TPSA) is 23.1 Å². The number of unbranched alkanes of at least 4 members (excludes halogenated alkanes) is 36. The molecule has 0 saturated heterocycles. The highest BCUT2D eigenvalue weighted by molar-refractivity contribution is 4.55. The summed E-state index contributed by atoms with van der Waals surface area (Å²) >= 11 is 0. The summed E-state index contributed by atoms with van der Waals surface area (Å²) in [6, 6.07) is 0. The average molecular weight is 664 g/mol. The second kappa shape index (κ2) is 40.4. The minimum atomic E-state index is 0.119. The second-order valence-electron chi connectivity index (χ2n) is 16.0. The molecule has 0 spiro atoms. The van der Waals surface area contributed by atoms with Crippen molar-refractivity contribution in [2.24, 2.45) is 0 Å². The molecule has 0 atom stereocenters.